The number of amides is 1. The zero-order valence-electron chi connectivity index (χ0n) is 9.50. The molecule has 1 saturated heterocycles. The molecular formula is C9H15F3N4O2. The second kappa shape index (κ2) is 5.89. The first-order valence-corrected chi connectivity index (χ1v) is 5.38. The lowest BCUT2D eigenvalue weighted by atomic mass is 10.0. The first-order chi connectivity index (χ1) is 8.34. The molecule has 1 rings (SSSR count). The third kappa shape index (κ3) is 4.06. The van der Waals surface area contributed by atoms with Gasteiger partial charge in [0.1, 0.15) is 5.92 Å². The predicted octanol–water partition coefficient (Wildman–Crippen LogP) is -0.221. The van der Waals surface area contributed by atoms with Crippen LogP contribution >= 0.6 is 0 Å². The molecule has 1 amide bonds. The van der Waals surface area contributed by atoms with Gasteiger partial charge in [0.05, 0.1) is 0 Å². The van der Waals surface area contributed by atoms with Crippen molar-refractivity contribution >= 4 is 11.7 Å². The molecule has 0 aromatic carbocycles. The molecule has 0 bridgehead atoms. The second-order valence-electron chi connectivity index (χ2n) is 4.07. The van der Waals surface area contributed by atoms with Crippen LogP contribution in [-0.4, -0.2) is 42.3 Å². The summed E-state index contributed by atoms with van der Waals surface area (Å²) in [6.45, 7) is -0.209. The van der Waals surface area contributed by atoms with Crippen LogP contribution in [0.25, 0.3) is 0 Å². The molecule has 9 heteroatoms. The van der Waals surface area contributed by atoms with Gasteiger partial charge in [-0.3, -0.25) is 4.79 Å². The number of hydrogen-bond acceptors (Lipinski definition) is 4. The van der Waals surface area contributed by atoms with Crippen molar-refractivity contribution < 1.29 is 23.2 Å². The molecule has 0 aliphatic carbocycles. The Bertz CT molecular complexity index is 322. The van der Waals surface area contributed by atoms with Crippen LogP contribution in [0.5, 0.6) is 0 Å². The molecule has 1 heterocycles. The molecule has 0 aromatic heterocycles. The lowest BCUT2D eigenvalue weighted by molar-refractivity contribution is -0.155. The van der Waals surface area contributed by atoms with Crippen molar-refractivity contribution in [3.8, 4) is 0 Å². The van der Waals surface area contributed by atoms with Crippen molar-refractivity contribution in [1.29, 1.82) is 0 Å². The van der Waals surface area contributed by atoms with Crippen LogP contribution in [-0.2, 0) is 4.79 Å². The summed E-state index contributed by atoms with van der Waals surface area (Å²) < 4.78 is 37.8. The Labute approximate surface area is 101 Å². The maximum atomic E-state index is 12.6. The fourth-order valence-electron chi connectivity index (χ4n) is 1.65. The van der Waals surface area contributed by atoms with E-state index in [4.69, 9.17) is 10.9 Å². The zero-order chi connectivity index (χ0) is 13.8. The molecule has 1 aliphatic rings. The number of hydrogen-bond donors (Lipinski definition) is 4. The van der Waals surface area contributed by atoms with Crippen molar-refractivity contribution in [2.45, 2.75) is 25.1 Å². The lowest BCUT2D eigenvalue weighted by Crippen LogP contribution is -2.50. The fourth-order valence-corrected chi connectivity index (χ4v) is 1.65. The van der Waals surface area contributed by atoms with E-state index >= 15 is 0 Å². The van der Waals surface area contributed by atoms with Crippen LogP contribution in [0.2, 0.25) is 0 Å². The first-order valence-electron chi connectivity index (χ1n) is 5.38. The van der Waals surface area contributed by atoms with Crippen molar-refractivity contribution in [3.63, 3.8) is 0 Å². The highest BCUT2D eigenvalue weighted by molar-refractivity contribution is 5.83. The molecule has 104 valence electrons. The quantitative estimate of drug-likeness (QED) is 0.245. The largest absolute Gasteiger partial charge is 0.409 e. The molecule has 1 fully saturated rings. The third-order valence-corrected chi connectivity index (χ3v) is 2.74. The standard InChI is InChI=1S/C9H15F3N4O2/c10-9(11,12)6(8(13)16-18)4-14-5-1-2-7(17)15-3-5/h5-6,14,18H,1-4H2,(H2,13,16)(H,15,17). The number of nitrogens with two attached hydrogens (primary N) is 1. The first kappa shape index (κ1) is 14.6. The van der Waals surface area contributed by atoms with E-state index < -0.39 is 24.5 Å². The van der Waals surface area contributed by atoms with Gasteiger partial charge in [-0.25, -0.2) is 0 Å². The minimum Gasteiger partial charge on any atom is -0.409 e. The van der Waals surface area contributed by atoms with Gasteiger partial charge in [0, 0.05) is 25.6 Å². The topological polar surface area (TPSA) is 99.7 Å². The Balaban J connectivity index is 2.50. The van der Waals surface area contributed by atoms with Gasteiger partial charge >= 0.3 is 6.18 Å². The number of rotatable bonds is 4. The molecule has 2 atom stereocenters. The average Bonchev–Trinajstić information content (AvgIpc) is 2.29. The number of halogens is 3. The van der Waals surface area contributed by atoms with Crippen molar-refractivity contribution in [1.82, 2.24) is 10.6 Å². The summed E-state index contributed by atoms with van der Waals surface area (Å²) in [4.78, 5) is 10.9. The highest BCUT2D eigenvalue weighted by atomic mass is 19.4. The normalized spacial score (nSPS) is 23.6. The van der Waals surface area contributed by atoms with Crippen LogP contribution in [0.3, 0.4) is 0 Å². The van der Waals surface area contributed by atoms with E-state index in [2.05, 4.69) is 15.8 Å². The number of carbonyl (C=O) groups is 1. The van der Waals surface area contributed by atoms with E-state index in [0.717, 1.165) is 0 Å². The van der Waals surface area contributed by atoms with Crippen LogP contribution in [0.15, 0.2) is 5.16 Å². The number of piperidine rings is 1. The Morgan fingerprint density at radius 1 is 1.67 bits per heavy atom. The minimum atomic E-state index is -4.58. The number of carbonyl (C=O) groups excluding carboxylic acids is 1. The monoisotopic (exact) mass is 268 g/mol. The van der Waals surface area contributed by atoms with Gasteiger partial charge in [0.2, 0.25) is 5.91 Å². The number of nitrogens with one attached hydrogen (secondary N) is 2. The number of oxime groups is 1. The van der Waals surface area contributed by atoms with Crippen LogP contribution in [0.1, 0.15) is 12.8 Å². The van der Waals surface area contributed by atoms with Crippen LogP contribution in [0, 0.1) is 5.92 Å². The van der Waals surface area contributed by atoms with E-state index in [9.17, 15) is 18.0 Å². The van der Waals surface area contributed by atoms with E-state index in [1.165, 1.54) is 0 Å². The van der Waals surface area contributed by atoms with E-state index in [0.29, 0.717) is 6.42 Å². The Morgan fingerprint density at radius 3 is 2.78 bits per heavy atom. The molecule has 0 saturated carbocycles. The highest BCUT2D eigenvalue weighted by Crippen LogP contribution is 2.26. The van der Waals surface area contributed by atoms with Gasteiger partial charge in [-0.05, 0) is 6.42 Å². The summed E-state index contributed by atoms with van der Waals surface area (Å²) in [6.07, 6.45) is -3.84. The highest BCUT2D eigenvalue weighted by Gasteiger charge is 2.42. The van der Waals surface area contributed by atoms with Crippen molar-refractivity contribution in [2.24, 2.45) is 16.8 Å². The summed E-state index contributed by atoms with van der Waals surface area (Å²) in [5.74, 6) is -3.04. The molecular weight excluding hydrogens is 253 g/mol. The van der Waals surface area contributed by atoms with Gasteiger partial charge in [-0.1, -0.05) is 5.16 Å². The molecule has 6 nitrogen and oxygen atoms in total. The summed E-state index contributed by atoms with van der Waals surface area (Å²) in [7, 11) is 0. The van der Waals surface area contributed by atoms with E-state index in [-0.39, 0.29) is 24.9 Å². The Hall–Kier alpha value is -1.51. The van der Waals surface area contributed by atoms with Gasteiger partial charge in [-0.2, -0.15) is 13.2 Å². The smallest absolute Gasteiger partial charge is 0.400 e. The number of amidine groups is 1. The van der Waals surface area contributed by atoms with Gasteiger partial charge in [0.25, 0.3) is 0 Å². The molecule has 2 unspecified atom stereocenters. The van der Waals surface area contributed by atoms with Crippen molar-refractivity contribution in [3.05, 3.63) is 0 Å². The lowest BCUT2D eigenvalue weighted by Gasteiger charge is -2.26. The maximum absolute atomic E-state index is 12.6. The summed E-state index contributed by atoms with van der Waals surface area (Å²) in [5.41, 5.74) is 5.01. The van der Waals surface area contributed by atoms with E-state index in [1.54, 1.807) is 0 Å². The number of alkyl halides is 3. The minimum absolute atomic E-state index is 0.114. The molecule has 1 aliphatic heterocycles. The second-order valence-corrected chi connectivity index (χ2v) is 4.07. The third-order valence-electron chi connectivity index (χ3n) is 2.74. The van der Waals surface area contributed by atoms with Crippen LogP contribution in [0.4, 0.5) is 13.2 Å². The molecule has 0 spiro atoms. The summed E-state index contributed by atoms with van der Waals surface area (Å²) >= 11 is 0. The molecule has 18 heavy (non-hydrogen) atoms. The number of nitrogens with zero attached hydrogens (tertiary/aromatic N) is 1. The average molecular weight is 268 g/mol. The Kier molecular flexibility index (Phi) is 4.76. The van der Waals surface area contributed by atoms with Crippen LogP contribution < -0.4 is 16.4 Å². The van der Waals surface area contributed by atoms with Gasteiger partial charge < -0.3 is 21.6 Å². The summed E-state index contributed by atoms with van der Waals surface area (Å²) in [5, 5.41) is 15.9. The molecule has 5 N–H and O–H groups in total. The predicted molar refractivity (Wildman–Crippen MR) is 57.0 cm³/mol. The maximum Gasteiger partial charge on any atom is 0.400 e. The van der Waals surface area contributed by atoms with E-state index in [1.807, 2.05) is 0 Å². The van der Waals surface area contributed by atoms with Gasteiger partial charge in [0.15, 0.2) is 5.84 Å². The Morgan fingerprint density at radius 2 is 2.33 bits per heavy atom. The molecule has 0 radical (unpaired) electrons. The SMILES string of the molecule is NC(=NO)C(CNC1CCC(=O)NC1)C(F)(F)F. The zero-order valence-corrected chi connectivity index (χ0v) is 9.50. The fraction of sp³-hybridized carbons (Fsp3) is 0.778. The summed E-state index contributed by atoms with van der Waals surface area (Å²) in [6, 6.07) is -0.237. The van der Waals surface area contributed by atoms with Gasteiger partial charge in [-0.15, -0.1) is 0 Å². The van der Waals surface area contributed by atoms with Crippen molar-refractivity contribution in [2.75, 3.05) is 13.1 Å². The molecule has 0 aromatic rings.